The van der Waals surface area contributed by atoms with Gasteiger partial charge in [0.2, 0.25) is 5.89 Å². The van der Waals surface area contributed by atoms with Crippen LogP contribution in [0.3, 0.4) is 0 Å². The highest BCUT2D eigenvalue weighted by Crippen LogP contribution is 2.42. The zero-order valence-electron chi connectivity index (χ0n) is 25.4. The van der Waals surface area contributed by atoms with Crippen LogP contribution in [0.4, 0.5) is 0 Å². The van der Waals surface area contributed by atoms with Crippen LogP contribution in [0.1, 0.15) is 50.0 Å². The minimum Gasteiger partial charge on any atom is -0.496 e. The van der Waals surface area contributed by atoms with Crippen molar-refractivity contribution in [1.82, 2.24) is 14.1 Å². The maximum atomic E-state index is 14.4. The summed E-state index contributed by atoms with van der Waals surface area (Å²) in [5.74, 6) is -1.81. The molecule has 4 heterocycles. The van der Waals surface area contributed by atoms with E-state index < -0.39 is 41.1 Å². The first-order valence-corrected chi connectivity index (χ1v) is 15.7. The van der Waals surface area contributed by atoms with Gasteiger partial charge in [-0.3, -0.25) is 19.0 Å². The second-order valence-corrected chi connectivity index (χ2v) is 12.8. The Morgan fingerprint density at radius 1 is 1.16 bits per heavy atom. The maximum absolute atomic E-state index is 14.4. The van der Waals surface area contributed by atoms with E-state index in [4.69, 9.17) is 18.6 Å². The first-order chi connectivity index (χ1) is 21.6. The van der Waals surface area contributed by atoms with Gasteiger partial charge in [-0.05, 0) is 57.1 Å². The van der Waals surface area contributed by atoms with Crippen LogP contribution in [0.15, 0.2) is 50.7 Å². The molecule has 0 bridgehead atoms. The van der Waals surface area contributed by atoms with Crippen LogP contribution in [-0.4, -0.2) is 57.4 Å². The Labute approximate surface area is 262 Å². The third-order valence-electron chi connectivity index (χ3n) is 9.12. The molecule has 1 aliphatic carbocycles. The average Bonchev–Trinajstić information content (AvgIpc) is 3.83. The van der Waals surface area contributed by atoms with Gasteiger partial charge in [-0.2, -0.15) is 0 Å². The fourth-order valence-corrected chi connectivity index (χ4v) is 7.85. The van der Waals surface area contributed by atoms with Crippen molar-refractivity contribution < 1.29 is 33.3 Å². The Morgan fingerprint density at radius 3 is 2.51 bits per heavy atom. The number of hydrogen-bond donors (Lipinski definition) is 1. The minimum atomic E-state index is -1.42. The quantitative estimate of drug-likeness (QED) is 0.237. The van der Waals surface area contributed by atoms with Gasteiger partial charge in [-0.15, -0.1) is 11.3 Å². The van der Waals surface area contributed by atoms with E-state index in [0.717, 1.165) is 23.0 Å². The fourth-order valence-electron chi connectivity index (χ4n) is 6.61. The van der Waals surface area contributed by atoms with Gasteiger partial charge in [-0.1, -0.05) is 18.2 Å². The van der Waals surface area contributed by atoms with Crippen molar-refractivity contribution in [3.63, 3.8) is 0 Å². The number of para-hydroxylation sites is 1. The van der Waals surface area contributed by atoms with Crippen LogP contribution in [0.5, 0.6) is 5.75 Å². The second-order valence-electron chi connectivity index (χ2n) is 11.8. The molecule has 0 spiro atoms. The number of ketones is 1. The highest BCUT2D eigenvalue weighted by atomic mass is 32.1. The number of hydrogen-bond acceptors (Lipinski definition) is 10. The number of thiophene rings is 1. The van der Waals surface area contributed by atoms with Crippen molar-refractivity contribution in [1.29, 1.82) is 0 Å². The zero-order chi connectivity index (χ0) is 32.0. The third-order valence-corrected chi connectivity index (χ3v) is 10.4. The first kappa shape index (κ1) is 30.9. The van der Waals surface area contributed by atoms with Crippen LogP contribution >= 0.6 is 11.3 Å². The van der Waals surface area contributed by atoms with E-state index in [0.29, 0.717) is 52.0 Å². The summed E-state index contributed by atoms with van der Waals surface area (Å²) in [6.45, 7) is 5.76. The molecule has 6 rings (SSSR count). The van der Waals surface area contributed by atoms with Crippen molar-refractivity contribution in [2.45, 2.75) is 58.4 Å². The highest BCUT2D eigenvalue weighted by molar-refractivity contribution is 7.22. The number of rotatable bonds is 11. The van der Waals surface area contributed by atoms with Crippen LogP contribution < -0.4 is 16.0 Å². The van der Waals surface area contributed by atoms with E-state index >= 15 is 0 Å². The summed E-state index contributed by atoms with van der Waals surface area (Å²) in [6.07, 6.45) is 3.82. The number of aliphatic carboxylic acids is 1. The van der Waals surface area contributed by atoms with Gasteiger partial charge in [0.05, 0.1) is 42.3 Å². The Kier molecular flexibility index (Phi) is 8.51. The SMILES string of the molecule is COc1ccccc1C(Cn1c(=O)n(C(C)C(=O)C(C)C(=O)O)c(=O)c2c(C)c(-c3ncco3)sc21)OC1C[C@H]2COC[C@@H]2C1. The lowest BCUT2D eigenvalue weighted by atomic mass is 10.0. The molecule has 1 saturated heterocycles. The molecule has 0 amide bonds. The number of nitrogens with zero attached hydrogens (tertiary/aromatic N) is 3. The highest BCUT2D eigenvalue weighted by Gasteiger charge is 2.40. The lowest BCUT2D eigenvalue weighted by Crippen LogP contribution is -2.45. The van der Waals surface area contributed by atoms with Crippen LogP contribution in [0.2, 0.25) is 0 Å². The number of carbonyl (C=O) groups is 2. The van der Waals surface area contributed by atoms with Gasteiger partial charge in [-0.25, -0.2) is 14.3 Å². The van der Waals surface area contributed by atoms with Crippen molar-refractivity contribution in [2.75, 3.05) is 20.3 Å². The molecule has 13 heteroatoms. The molecule has 238 valence electrons. The summed E-state index contributed by atoms with van der Waals surface area (Å²) in [4.78, 5) is 58.5. The number of aryl methyl sites for hydroxylation is 1. The van der Waals surface area contributed by atoms with Gasteiger partial charge >= 0.3 is 11.7 Å². The molecule has 1 saturated carbocycles. The van der Waals surface area contributed by atoms with Gasteiger partial charge < -0.3 is 23.7 Å². The van der Waals surface area contributed by atoms with E-state index in [9.17, 15) is 24.3 Å². The number of carbonyl (C=O) groups excluding carboxylic acids is 1. The Bertz CT molecular complexity index is 1850. The van der Waals surface area contributed by atoms with Crippen molar-refractivity contribution in [3.8, 4) is 16.5 Å². The molecule has 3 unspecified atom stereocenters. The Balaban J connectivity index is 1.52. The summed E-state index contributed by atoms with van der Waals surface area (Å²) in [5.41, 5.74) is -0.161. The van der Waals surface area contributed by atoms with Gasteiger partial charge in [0.1, 0.15) is 28.9 Å². The number of oxazole rings is 1. The van der Waals surface area contributed by atoms with Crippen molar-refractivity contribution >= 4 is 33.3 Å². The summed E-state index contributed by atoms with van der Waals surface area (Å²) in [7, 11) is 1.57. The van der Waals surface area contributed by atoms with E-state index in [1.165, 1.54) is 42.2 Å². The predicted octanol–water partition coefficient (Wildman–Crippen LogP) is 4.23. The van der Waals surface area contributed by atoms with Crippen LogP contribution in [0.25, 0.3) is 21.0 Å². The Morgan fingerprint density at radius 2 is 1.87 bits per heavy atom. The lowest BCUT2D eigenvalue weighted by molar-refractivity contribution is -0.146. The van der Waals surface area contributed by atoms with Gasteiger partial charge in [0, 0.05) is 18.8 Å². The molecule has 1 aliphatic heterocycles. The summed E-state index contributed by atoms with van der Waals surface area (Å²) < 4.78 is 26.0. The molecular formula is C32H35N3O9S. The number of carboxylic acids is 1. The molecule has 12 nitrogen and oxygen atoms in total. The van der Waals surface area contributed by atoms with E-state index in [1.807, 2.05) is 24.3 Å². The fraction of sp³-hybridized carbons (Fsp3) is 0.469. The maximum Gasteiger partial charge on any atom is 0.332 e. The zero-order valence-corrected chi connectivity index (χ0v) is 26.2. The molecule has 1 aromatic carbocycles. The number of fused-ring (bicyclic) bond motifs is 2. The standard InChI is InChI=1S/C32H35N3O9S/c1-16-25-29(37)35(18(3)26(36)17(2)31(38)39)32(40)34(30(25)45-27(16)28-33-9-10-43-28)13-24(22-7-5-6-8-23(22)41-4)44-21-11-19-14-42-15-20(19)12-21/h5-10,17-21,24H,11-15H2,1-4H3,(H,38,39)/t17?,18?,19-,20-,24?/m0/s1. The summed E-state index contributed by atoms with van der Waals surface area (Å²) in [6, 6.07) is 6.10. The van der Waals surface area contributed by atoms with Crippen LogP contribution in [0, 0.1) is 24.7 Å². The smallest absolute Gasteiger partial charge is 0.332 e. The molecule has 1 N–H and O–H groups in total. The molecule has 2 fully saturated rings. The number of methoxy groups -OCH3 is 1. The monoisotopic (exact) mass is 637 g/mol. The number of ether oxygens (including phenoxy) is 3. The molecule has 4 aromatic rings. The Hall–Kier alpha value is -4.07. The molecule has 0 radical (unpaired) electrons. The van der Waals surface area contributed by atoms with E-state index in [-0.39, 0.29) is 18.0 Å². The average molecular weight is 638 g/mol. The number of Topliss-reactive ketones (excluding diaryl/α,β-unsaturated/α-hetero) is 1. The second kappa shape index (κ2) is 12.4. The molecular weight excluding hydrogens is 602 g/mol. The summed E-state index contributed by atoms with van der Waals surface area (Å²) >= 11 is 1.19. The van der Waals surface area contributed by atoms with E-state index in [2.05, 4.69) is 4.98 Å². The molecule has 2 aliphatic rings. The number of aromatic nitrogens is 3. The first-order valence-electron chi connectivity index (χ1n) is 14.9. The van der Waals surface area contributed by atoms with Gasteiger partial charge in [0.15, 0.2) is 5.78 Å². The number of benzene rings is 1. The molecule has 5 atom stereocenters. The number of carboxylic acid groups (broad SMARTS) is 1. The molecule has 3 aromatic heterocycles. The lowest BCUT2D eigenvalue weighted by Gasteiger charge is -2.26. The minimum absolute atomic E-state index is 0.00130. The normalized spacial score (nSPS) is 20.3. The topological polar surface area (TPSA) is 152 Å². The third kappa shape index (κ3) is 5.53. The largest absolute Gasteiger partial charge is 0.496 e. The van der Waals surface area contributed by atoms with Gasteiger partial charge in [0.25, 0.3) is 5.56 Å². The van der Waals surface area contributed by atoms with E-state index in [1.54, 1.807) is 14.0 Å². The summed E-state index contributed by atoms with van der Waals surface area (Å²) in [5, 5.41) is 9.74. The predicted molar refractivity (Wildman–Crippen MR) is 165 cm³/mol. The van der Waals surface area contributed by atoms with Crippen LogP contribution in [-0.2, 0) is 25.6 Å². The van der Waals surface area contributed by atoms with Crippen molar-refractivity contribution in [3.05, 3.63) is 68.7 Å². The molecule has 45 heavy (non-hydrogen) atoms. The van der Waals surface area contributed by atoms with Crippen molar-refractivity contribution in [2.24, 2.45) is 17.8 Å².